The van der Waals surface area contributed by atoms with Crippen molar-refractivity contribution in [2.24, 2.45) is 0 Å². The Bertz CT molecular complexity index is 841. The molecule has 1 amide bonds. The number of hydrogen-bond acceptors (Lipinski definition) is 4. The highest BCUT2D eigenvalue weighted by Gasteiger charge is 2.40. The van der Waals surface area contributed by atoms with E-state index in [9.17, 15) is 14.3 Å². The van der Waals surface area contributed by atoms with Gasteiger partial charge in [0.2, 0.25) is 5.91 Å². The summed E-state index contributed by atoms with van der Waals surface area (Å²) in [6, 6.07) is 15.2. The van der Waals surface area contributed by atoms with Gasteiger partial charge in [-0.15, -0.1) is 0 Å². The van der Waals surface area contributed by atoms with Crippen LogP contribution >= 0.6 is 0 Å². The third kappa shape index (κ3) is 4.34. The summed E-state index contributed by atoms with van der Waals surface area (Å²) in [5.74, 6) is -0.445. The van der Waals surface area contributed by atoms with Gasteiger partial charge >= 0.3 is 0 Å². The van der Waals surface area contributed by atoms with Crippen molar-refractivity contribution in [2.45, 2.75) is 24.5 Å². The maximum atomic E-state index is 13.9. The topological polar surface area (TPSA) is 53.0 Å². The summed E-state index contributed by atoms with van der Waals surface area (Å²) in [5, 5.41) is 11.3. The van der Waals surface area contributed by atoms with Gasteiger partial charge in [-0.2, -0.15) is 0 Å². The van der Waals surface area contributed by atoms with E-state index in [1.165, 1.54) is 12.1 Å². The number of morpholine rings is 1. The molecule has 2 aromatic rings. The Morgan fingerprint density at radius 2 is 1.83 bits per heavy atom. The molecule has 0 radical (unpaired) electrons. The number of halogens is 1. The van der Waals surface area contributed by atoms with Gasteiger partial charge in [-0.05, 0) is 36.1 Å². The van der Waals surface area contributed by atoms with E-state index in [0.29, 0.717) is 44.8 Å². The Morgan fingerprint density at radius 3 is 2.55 bits per heavy atom. The number of carbonyl (C=O) groups excluding carboxylic acids is 1. The van der Waals surface area contributed by atoms with Gasteiger partial charge in [0.1, 0.15) is 17.5 Å². The molecule has 4 rings (SSSR count). The number of hydrogen-bond donors (Lipinski definition) is 1. The predicted molar refractivity (Wildman–Crippen MR) is 108 cm³/mol. The zero-order valence-electron chi connectivity index (χ0n) is 16.5. The molecule has 154 valence electrons. The Kier molecular flexibility index (Phi) is 5.94. The summed E-state index contributed by atoms with van der Waals surface area (Å²) in [7, 11) is 0. The van der Waals surface area contributed by atoms with Crippen LogP contribution in [-0.4, -0.2) is 60.2 Å². The zero-order chi connectivity index (χ0) is 20.3. The highest BCUT2D eigenvalue weighted by molar-refractivity contribution is 5.83. The number of aliphatic hydroxyl groups is 1. The summed E-state index contributed by atoms with van der Waals surface area (Å²) < 4.78 is 19.4. The average Bonchev–Trinajstić information content (AvgIpc) is 2.75. The quantitative estimate of drug-likeness (QED) is 0.861. The fourth-order valence-corrected chi connectivity index (χ4v) is 4.40. The minimum absolute atomic E-state index is 0.0912. The van der Waals surface area contributed by atoms with Crippen molar-refractivity contribution >= 4 is 5.91 Å². The average molecular weight is 398 g/mol. The van der Waals surface area contributed by atoms with E-state index in [-0.39, 0.29) is 18.3 Å². The molecule has 0 spiro atoms. The van der Waals surface area contributed by atoms with E-state index < -0.39 is 11.6 Å². The summed E-state index contributed by atoms with van der Waals surface area (Å²) in [6.45, 7) is 3.16. The molecule has 2 heterocycles. The van der Waals surface area contributed by atoms with Crippen LogP contribution in [0.1, 0.15) is 30.0 Å². The number of ether oxygens (including phenoxy) is 1. The van der Waals surface area contributed by atoms with Gasteiger partial charge in [-0.1, -0.05) is 42.5 Å². The molecule has 2 fully saturated rings. The van der Waals surface area contributed by atoms with Crippen LogP contribution in [0, 0.1) is 5.82 Å². The second kappa shape index (κ2) is 8.61. The normalized spacial score (nSPS) is 24.3. The molecule has 0 saturated carbocycles. The molecule has 0 aromatic heterocycles. The van der Waals surface area contributed by atoms with Crippen molar-refractivity contribution in [1.29, 1.82) is 0 Å². The molecule has 2 atom stereocenters. The van der Waals surface area contributed by atoms with Gasteiger partial charge in [0, 0.05) is 19.6 Å². The summed E-state index contributed by atoms with van der Waals surface area (Å²) in [6.07, 6.45) is 1.33. The first-order valence-corrected chi connectivity index (χ1v) is 10.2. The van der Waals surface area contributed by atoms with Crippen molar-refractivity contribution < 1.29 is 19.0 Å². The van der Waals surface area contributed by atoms with Gasteiger partial charge in [-0.25, -0.2) is 4.39 Å². The van der Waals surface area contributed by atoms with Crippen LogP contribution in [0.4, 0.5) is 4.39 Å². The summed E-state index contributed by atoms with van der Waals surface area (Å²) in [5.41, 5.74) is 0.407. The molecule has 2 saturated heterocycles. The number of nitrogens with zero attached hydrogens (tertiary/aromatic N) is 2. The highest BCUT2D eigenvalue weighted by atomic mass is 19.1. The number of benzene rings is 2. The second-order valence-electron chi connectivity index (χ2n) is 7.87. The van der Waals surface area contributed by atoms with Crippen LogP contribution in [0.5, 0.6) is 0 Å². The van der Waals surface area contributed by atoms with Crippen molar-refractivity contribution in [3.63, 3.8) is 0 Å². The number of amides is 1. The lowest BCUT2D eigenvalue weighted by molar-refractivity contribution is -0.146. The van der Waals surface area contributed by atoms with Crippen molar-refractivity contribution in [3.8, 4) is 0 Å². The zero-order valence-corrected chi connectivity index (χ0v) is 16.5. The molecular weight excluding hydrogens is 371 g/mol. The predicted octanol–water partition coefficient (Wildman–Crippen LogP) is 2.71. The van der Waals surface area contributed by atoms with Gasteiger partial charge < -0.3 is 14.7 Å². The number of carbonyl (C=O) groups is 1. The Morgan fingerprint density at radius 1 is 1.07 bits per heavy atom. The molecule has 2 aliphatic heterocycles. The molecule has 0 aliphatic carbocycles. The SMILES string of the molecule is O=C(C(c1cccc(F)c1)N1CCOCC1)N1CCCC(O)(c2ccccc2)C1. The third-order valence-corrected chi connectivity index (χ3v) is 5.90. The van der Waals surface area contributed by atoms with Gasteiger partial charge in [0.25, 0.3) is 0 Å². The molecule has 2 unspecified atom stereocenters. The van der Waals surface area contributed by atoms with E-state index in [1.54, 1.807) is 17.0 Å². The molecule has 6 heteroatoms. The lowest BCUT2D eigenvalue weighted by Crippen LogP contribution is -2.53. The molecular formula is C23H27FN2O3. The van der Waals surface area contributed by atoms with Gasteiger partial charge in [0.15, 0.2) is 0 Å². The molecule has 29 heavy (non-hydrogen) atoms. The van der Waals surface area contributed by atoms with Gasteiger partial charge in [0.05, 0.1) is 19.8 Å². The molecule has 0 bridgehead atoms. The first kappa shape index (κ1) is 20.0. The summed E-state index contributed by atoms with van der Waals surface area (Å²) >= 11 is 0. The lowest BCUT2D eigenvalue weighted by atomic mass is 9.85. The minimum atomic E-state index is -1.06. The first-order chi connectivity index (χ1) is 14.1. The number of likely N-dealkylation sites (tertiary alicyclic amines) is 1. The molecule has 2 aromatic carbocycles. The second-order valence-corrected chi connectivity index (χ2v) is 7.87. The Balaban J connectivity index is 1.61. The minimum Gasteiger partial charge on any atom is -0.383 e. The Labute approximate surface area is 170 Å². The highest BCUT2D eigenvalue weighted by Crippen LogP contribution is 2.34. The standard InChI is InChI=1S/C23H27FN2O3/c24-20-9-4-6-18(16-20)21(25-12-14-29-15-13-25)22(27)26-11-5-10-23(28,17-26)19-7-2-1-3-8-19/h1-4,6-9,16,21,28H,5,10-15,17H2. The molecule has 5 nitrogen and oxygen atoms in total. The van der Waals surface area contributed by atoms with Crippen LogP contribution in [-0.2, 0) is 15.1 Å². The fraction of sp³-hybridized carbons (Fsp3) is 0.435. The largest absolute Gasteiger partial charge is 0.383 e. The van der Waals surface area contributed by atoms with Crippen molar-refractivity contribution in [2.75, 3.05) is 39.4 Å². The van der Waals surface area contributed by atoms with Gasteiger partial charge in [-0.3, -0.25) is 9.69 Å². The van der Waals surface area contributed by atoms with Crippen LogP contribution < -0.4 is 0 Å². The number of rotatable bonds is 4. The van der Waals surface area contributed by atoms with Crippen LogP contribution in [0.3, 0.4) is 0 Å². The Hall–Kier alpha value is -2.28. The lowest BCUT2D eigenvalue weighted by Gasteiger charge is -2.43. The molecule has 2 aliphatic rings. The smallest absolute Gasteiger partial charge is 0.244 e. The van der Waals surface area contributed by atoms with Crippen LogP contribution in [0.15, 0.2) is 54.6 Å². The van der Waals surface area contributed by atoms with E-state index in [4.69, 9.17) is 4.74 Å². The maximum absolute atomic E-state index is 13.9. The van der Waals surface area contributed by atoms with Crippen molar-refractivity contribution in [1.82, 2.24) is 9.80 Å². The molecule has 1 N–H and O–H groups in total. The monoisotopic (exact) mass is 398 g/mol. The van der Waals surface area contributed by atoms with E-state index in [0.717, 1.165) is 12.0 Å². The number of β-amino-alcohol motifs (C(OH)–C–C–N with tert-alkyl or cyclic N) is 1. The van der Waals surface area contributed by atoms with E-state index in [2.05, 4.69) is 4.90 Å². The first-order valence-electron chi connectivity index (χ1n) is 10.2. The third-order valence-electron chi connectivity index (χ3n) is 5.90. The van der Waals surface area contributed by atoms with E-state index >= 15 is 0 Å². The number of piperidine rings is 1. The van der Waals surface area contributed by atoms with Crippen LogP contribution in [0.2, 0.25) is 0 Å². The summed E-state index contributed by atoms with van der Waals surface area (Å²) in [4.78, 5) is 17.4. The van der Waals surface area contributed by atoms with Crippen LogP contribution in [0.25, 0.3) is 0 Å². The van der Waals surface area contributed by atoms with Crippen molar-refractivity contribution in [3.05, 3.63) is 71.5 Å². The maximum Gasteiger partial charge on any atom is 0.244 e. The fourth-order valence-electron chi connectivity index (χ4n) is 4.40. The van der Waals surface area contributed by atoms with E-state index in [1.807, 2.05) is 30.3 Å².